The van der Waals surface area contributed by atoms with E-state index in [1.807, 2.05) is 0 Å². The second kappa shape index (κ2) is 5.08. The van der Waals surface area contributed by atoms with Crippen LogP contribution in [-0.2, 0) is 6.54 Å². The minimum Gasteiger partial charge on any atom is -0.381 e. The zero-order valence-electron chi connectivity index (χ0n) is 9.18. The quantitative estimate of drug-likeness (QED) is 0.821. The maximum Gasteiger partial charge on any atom is 0.160 e. The van der Waals surface area contributed by atoms with Crippen LogP contribution in [-0.4, -0.2) is 0 Å². The molecule has 0 radical (unpaired) electrons. The van der Waals surface area contributed by atoms with E-state index in [9.17, 15) is 17.6 Å². The Kier molecular flexibility index (Phi) is 3.50. The molecule has 5 heteroatoms. The van der Waals surface area contributed by atoms with Gasteiger partial charge in [0, 0.05) is 23.9 Å². The molecule has 0 amide bonds. The molecule has 0 aliphatic heterocycles. The van der Waals surface area contributed by atoms with Crippen molar-refractivity contribution >= 4 is 5.69 Å². The molecule has 0 aliphatic carbocycles. The number of anilines is 1. The Balaban J connectivity index is 2.14. The van der Waals surface area contributed by atoms with E-state index >= 15 is 0 Å². The zero-order chi connectivity index (χ0) is 13.1. The van der Waals surface area contributed by atoms with E-state index in [1.54, 1.807) is 0 Å². The van der Waals surface area contributed by atoms with Gasteiger partial charge in [-0.15, -0.1) is 0 Å². The average Bonchev–Trinajstić information content (AvgIpc) is 2.33. The van der Waals surface area contributed by atoms with Gasteiger partial charge in [-0.2, -0.15) is 0 Å². The van der Waals surface area contributed by atoms with Crippen LogP contribution in [0.2, 0.25) is 0 Å². The van der Waals surface area contributed by atoms with E-state index in [2.05, 4.69) is 5.32 Å². The van der Waals surface area contributed by atoms with Crippen molar-refractivity contribution in [1.29, 1.82) is 0 Å². The van der Waals surface area contributed by atoms with Crippen LogP contribution in [0, 0.1) is 23.3 Å². The molecule has 1 nitrogen and oxygen atoms in total. The lowest BCUT2D eigenvalue weighted by Crippen LogP contribution is -2.05. The van der Waals surface area contributed by atoms with E-state index in [1.165, 1.54) is 12.1 Å². The van der Waals surface area contributed by atoms with Gasteiger partial charge in [0.25, 0.3) is 0 Å². The van der Waals surface area contributed by atoms with Gasteiger partial charge in [0.1, 0.15) is 11.6 Å². The van der Waals surface area contributed by atoms with Crippen LogP contribution in [0.25, 0.3) is 0 Å². The van der Waals surface area contributed by atoms with Crippen LogP contribution in [0.15, 0.2) is 36.4 Å². The fourth-order valence-electron chi connectivity index (χ4n) is 1.50. The Labute approximate surface area is 101 Å². The fourth-order valence-corrected chi connectivity index (χ4v) is 1.50. The van der Waals surface area contributed by atoms with Crippen molar-refractivity contribution in [3.63, 3.8) is 0 Å². The highest BCUT2D eigenvalue weighted by molar-refractivity contribution is 5.44. The topological polar surface area (TPSA) is 12.0 Å². The Bertz CT molecular complexity index is 549. The van der Waals surface area contributed by atoms with E-state index in [0.717, 1.165) is 24.3 Å². The minimum atomic E-state index is -1.02. The normalized spacial score (nSPS) is 10.4. The molecule has 94 valence electrons. The molecule has 18 heavy (non-hydrogen) atoms. The van der Waals surface area contributed by atoms with Gasteiger partial charge in [0.05, 0.1) is 0 Å². The molecule has 0 spiro atoms. The molecule has 2 aromatic rings. The predicted molar refractivity (Wildman–Crippen MR) is 60.0 cm³/mol. The van der Waals surface area contributed by atoms with Crippen LogP contribution < -0.4 is 5.32 Å². The van der Waals surface area contributed by atoms with Gasteiger partial charge in [-0.3, -0.25) is 0 Å². The fraction of sp³-hybridized carbons (Fsp3) is 0.0769. The van der Waals surface area contributed by atoms with Crippen molar-refractivity contribution in [2.45, 2.75) is 6.54 Å². The molecular formula is C13H9F4N. The van der Waals surface area contributed by atoms with Crippen LogP contribution in [0.4, 0.5) is 23.2 Å². The summed E-state index contributed by atoms with van der Waals surface area (Å²) < 4.78 is 52.1. The predicted octanol–water partition coefficient (Wildman–Crippen LogP) is 3.86. The largest absolute Gasteiger partial charge is 0.381 e. The Morgan fingerprint density at radius 1 is 0.778 bits per heavy atom. The SMILES string of the molecule is Fc1ccc(NCc2c(F)cccc2F)cc1F. The summed E-state index contributed by atoms with van der Waals surface area (Å²) in [6.07, 6.45) is 0. The van der Waals surface area contributed by atoms with Gasteiger partial charge >= 0.3 is 0 Å². The maximum atomic E-state index is 13.3. The summed E-state index contributed by atoms with van der Waals surface area (Å²) in [5.74, 6) is -3.37. The van der Waals surface area contributed by atoms with Gasteiger partial charge in [0.2, 0.25) is 0 Å². The second-order valence-corrected chi connectivity index (χ2v) is 3.68. The van der Waals surface area contributed by atoms with Crippen molar-refractivity contribution < 1.29 is 17.6 Å². The maximum absolute atomic E-state index is 13.3. The molecule has 1 N–H and O–H groups in total. The van der Waals surface area contributed by atoms with E-state index in [-0.39, 0.29) is 17.8 Å². The molecular weight excluding hydrogens is 246 g/mol. The molecule has 2 rings (SSSR count). The number of rotatable bonds is 3. The van der Waals surface area contributed by atoms with Gasteiger partial charge < -0.3 is 5.32 Å². The van der Waals surface area contributed by atoms with Gasteiger partial charge in [-0.25, -0.2) is 17.6 Å². The number of hydrogen-bond acceptors (Lipinski definition) is 1. The number of benzene rings is 2. The summed E-state index contributed by atoms with van der Waals surface area (Å²) in [6, 6.07) is 6.67. The molecule has 0 atom stereocenters. The monoisotopic (exact) mass is 255 g/mol. The molecule has 0 fully saturated rings. The van der Waals surface area contributed by atoms with Gasteiger partial charge in [-0.05, 0) is 24.3 Å². The standard InChI is InChI=1S/C13H9F4N/c14-10-2-1-3-11(15)9(10)7-18-8-4-5-12(16)13(17)6-8/h1-6,18H,7H2. The van der Waals surface area contributed by atoms with E-state index in [4.69, 9.17) is 0 Å². The Hall–Kier alpha value is -2.04. The number of halogens is 4. The molecule has 2 aromatic carbocycles. The molecule has 0 saturated heterocycles. The lowest BCUT2D eigenvalue weighted by Gasteiger charge is -2.08. The minimum absolute atomic E-state index is 0.149. The van der Waals surface area contributed by atoms with Crippen LogP contribution in [0.5, 0.6) is 0 Å². The summed E-state index contributed by atoms with van der Waals surface area (Å²) in [4.78, 5) is 0. The summed E-state index contributed by atoms with van der Waals surface area (Å²) in [7, 11) is 0. The van der Waals surface area contributed by atoms with Crippen molar-refractivity contribution in [1.82, 2.24) is 0 Å². The summed E-state index contributed by atoms with van der Waals surface area (Å²) >= 11 is 0. The lowest BCUT2D eigenvalue weighted by atomic mass is 10.2. The highest BCUT2D eigenvalue weighted by atomic mass is 19.2. The lowest BCUT2D eigenvalue weighted by molar-refractivity contribution is 0.509. The first-order valence-corrected chi connectivity index (χ1v) is 5.20. The average molecular weight is 255 g/mol. The highest BCUT2D eigenvalue weighted by Gasteiger charge is 2.08. The molecule has 0 saturated carbocycles. The van der Waals surface area contributed by atoms with Crippen LogP contribution in [0.1, 0.15) is 5.56 Å². The molecule has 0 aromatic heterocycles. The number of hydrogen-bond donors (Lipinski definition) is 1. The summed E-state index contributed by atoms with van der Waals surface area (Å²) in [6.45, 7) is -0.149. The summed E-state index contributed by atoms with van der Waals surface area (Å²) in [5.41, 5.74) is 0.0961. The van der Waals surface area contributed by atoms with Crippen molar-refractivity contribution in [3.8, 4) is 0 Å². The molecule has 0 bridgehead atoms. The van der Waals surface area contributed by atoms with Crippen LogP contribution in [0.3, 0.4) is 0 Å². The Morgan fingerprint density at radius 2 is 1.44 bits per heavy atom. The molecule has 0 heterocycles. The van der Waals surface area contributed by atoms with Gasteiger partial charge in [-0.1, -0.05) is 6.07 Å². The van der Waals surface area contributed by atoms with Crippen molar-refractivity contribution in [3.05, 3.63) is 65.2 Å². The number of nitrogens with one attached hydrogen (secondary N) is 1. The van der Waals surface area contributed by atoms with Gasteiger partial charge in [0.15, 0.2) is 11.6 Å². The van der Waals surface area contributed by atoms with E-state index in [0.29, 0.717) is 0 Å². The zero-order valence-corrected chi connectivity index (χ0v) is 9.18. The third kappa shape index (κ3) is 2.61. The van der Waals surface area contributed by atoms with Crippen molar-refractivity contribution in [2.75, 3.05) is 5.32 Å². The summed E-state index contributed by atoms with van der Waals surface area (Å²) in [5, 5.41) is 2.62. The Morgan fingerprint density at radius 3 is 2.06 bits per heavy atom. The first kappa shape index (κ1) is 12.4. The van der Waals surface area contributed by atoms with Crippen LogP contribution >= 0.6 is 0 Å². The van der Waals surface area contributed by atoms with E-state index < -0.39 is 23.3 Å². The molecule has 0 aliphatic rings. The third-order valence-electron chi connectivity index (χ3n) is 2.45. The first-order chi connectivity index (χ1) is 8.58. The third-order valence-corrected chi connectivity index (χ3v) is 2.45. The second-order valence-electron chi connectivity index (χ2n) is 3.68. The smallest absolute Gasteiger partial charge is 0.160 e. The molecule has 0 unspecified atom stereocenters. The van der Waals surface area contributed by atoms with Crippen molar-refractivity contribution in [2.24, 2.45) is 0 Å². The highest BCUT2D eigenvalue weighted by Crippen LogP contribution is 2.17. The first-order valence-electron chi connectivity index (χ1n) is 5.20.